The summed E-state index contributed by atoms with van der Waals surface area (Å²) in [5.41, 5.74) is 1.17. The average Bonchev–Trinajstić information content (AvgIpc) is 2.47. The minimum absolute atomic E-state index is 0.387. The first-order chi connectivity index (χ1) is 10.1. The van der Waals surface area contributed by atoms with E-state index in [2.05, 4.69) is 46.3 Å². The molecule has 1 aliphatic heterocycles. The molecular weight excluding hydrogens is 262 g/mol. The van der Waals surface area contributed by atoms with Crippen LogP contribution < -0.4 is 10.6 Å². The molecule has 1 atom stereocenters. The Morgan fingerprint density at radius 2 is 1.76 bits per heavy atom. The van der Waals surface area contributed by atoms with Gasteiger partial charge >= 0.3 is 0 Å². The lowest BCUT2D eigenvalue weighted by molar-refractivity contribution is 0.223. The second kappa shape index (κ2) is 7.59. The predicted molar refractivity (Wildman–Crippen MR) is 89.0 cm³/mol. The first kappa shape index (κ1) is 16.0. The van der Waals surface area contributed by atoms with Gasteiger partial charge in [-0.15, -0.1) is 0 Å². The van der Waals surface area contributed by atoms with Crippen LogP contribution in [0.4, 0.5) is 11.6 Å². The van der Waals surface area contributed by atoms with Crippen molar-refractivity contribution in [3.63, 3.8) is 0 Å². The van der Waals surface area contributed by atoms with Gasteiger partial charge in [0.2, 0.25) is 0 Å². The van der Waals surface area contributed by atoms with Crippen LogP contribution in [0.3, 0.4) is 0 Å². The third-order valence-electron chi connectivity index (χ3n) is 4.06. The molecule has 2 rings (SSSR count). The molecule has 0 aromatic carbocycles. The van der Waals surface area contributed by atoms with E-state index < -0.39 is 0 Å². The zero-order valence-corrected chi connectivity index (χ0v) is 13.8. The molecule has 1 saturated heterocycles. The summed E-state index contributed by atoms with van der Waals surface area (Å²) >= 11 is 0. The van der Waals surface area contributed by atoms with E-state index in [1.165, 1.54) is 37.9 Å². The maximum Gasteiger partial charge on any atom is 0.135 e. The summed E-state index contributed by atoms with van der Waals surface area (Å²) in [6.07, 6.45) is 5.68. The minimum atomic E-state index is 0.387. The molecule has 0 radical (unpaired) electrons. The van der Waals surface area contributed by atoms with Gasteiger partial charge in [-0.25, -0.2) is 9.97 Å². The fraction of sp³-hybridized carbons (Fsp3) is 0.750. The van der Waals surface area contributed by atoms with Crippen LogP contribution in [-0.4, -0.2) is 47.6 Å². The summed E-state index contributed by atoms with van der Waals surface area (Å²) in [5, 5.41) is 6.75. The van der Waals surface area contributed by atoms with Crippen molar-refractivity contribution >= 4 is 11.6 Å². The highest BCUT2D eigenvalue weighted by Crippen LogP contribution is 2.28. The van der Waals surface area contributed by atoms with Gasteiger partial charge < -0.3 is 15.5 Å². The van der Waals surface area contributed by atoms with Crippen molar-refractivity contribution in [2.45, 2.75) is 52.0 Å². The number of nitrogens with one attached hydrogen (secondary N) is 2. The molecule has 5 nitrogen and oxygen atoms in total. The van der Waals surface area contributed by atoms with Gasteiger partial charge in [0.1, 0.15) is 18.0 Å². The van der Waals surface area contributed by atoms with E-state index in [1.54, 1.807) is 6.33 Å². The Balaban J connectivity index is 2.04. The molecule has 0 aliphatic carbocycles. The van der Waals surface area contributed by atoms with Crippen molar-refractivity contribution in [2.24, 2.45) is 0 Å². The van der Waals surface area contributed by atoms with E-state index >= 15 is 0 Å². The molecule has 1 aromatic heterocycles. The summed E-state index contributed by atoms with van der Waals surface area (Å²) in [5.74, 6) is 2.28. The van der Waals surface area contributed by atoms with Crippen LogP contribution in [0.2, 0.25) is 0 Å². The molecule has 1 aromatic rings. The summed E-state index contributed by atoms with van der Waals surface area (Å²) in [4.78, 5) is 11.3. The molecule has 0 amide bonds. The Bertz CT molecular complexity index is 440. The molecule has 0 bridgehead atoms. The largest absolute Gasteiger partial charge is 0.373 e. The molecule has 118 valence electrons. The average molecular weight is 291 g/mol. The maximum atomic E-state index is 4.46. The van der Waals surface area contributed by atoms with Crippen molar-refractivity contribution in [1.29, 1.82) is 0 Å². The second-order valence-corrected chi connectivity index (χ2v) is 6.30. The molecule has 1 aliphatic rings. The molecule has 5 heteroatoms. The molecule has 21 heavy (non-hydrogen) atoms. The van der Waals surface area contributed by atoms with E-state index in [-0.39, 0.29) is 0 Å². The zero-order chi connectivity index (χ0) is 15.2. The molecule has 2 heterocycles. The van der Waals surface area contributed by atoms with Crippen molar-refractivity contribution in [2.75, 3.05) is 37.3 Å². The third kappa shape index (κ3) is 4.30. The lowest BCUT2D eigenvalue weighted by Crippen LogP contribution is -2.38. The third-order valence-corrected chi connectivity index (χ3v) is 4.06. The normalized spacial score (nSPS) is 17.8. The van der Waals surface area contributed by atoms with Gasteiger partial charge in [-0.3, -0.25) is 0 Å². The molecule has 1 fully saturated rings. The Labute approximate surface area is 128 Å². The summed E-state index contributed by atoms with van der Waals surface area (Å²) in [7, 11) is 1.91. The molecular formula is C16H29N5. The van der Waals surface area contributed by atoms with Crippen molar-refractivity contribution in [1.82, 2.24) is 14.9 Å². The number of hydrogen-bond donors (Lipinski definition) is 2. The number of anilines is 2. The summed E-state index contributed by atoms with van der Waals surface area (Å²) < 4.78 is 0. The number of nitrogens with zero attached hydrogens (tertiary/aromatic N) is 3. The molecule has 2 N–H and O–H groups in total. The first-order valence-corrected chi connectivity index (χ1v) is 8.13. The van der Waals surface area contributed by atoms with Crippen LogP contribution in [0.15, 0.2) is 6.33 Å². The molecule has 1 unspecified atom stereocenters. The van der Waals surface area contributed by atoms with Crippen molar-refractivity contribution < 1.29 is 0 Å². The van der Waals surface area contributed by atoms with E-state index in [4.69, 9.17) is 0 Å². The van der Waals surface area contributed by atoms with Gasteiger partial charge in [0.05, 0.1) is 0 Å². The van der Waals surface area contributed by atoms with Crippen LogP contribution in [0.1, 0.15) is 51.5 Å². The van der Waals surface area contributed by atoms with Crippen LogP contribution >= 0.6 is 0 Å². The Kier molecular flexibility index (Phi) is 5.79. The van der Waals surface area contributed by atoms with Crippen LogP contribution in [0.25, 0.3) is 0 Å². The van der Waals surface area contributed by atoms with Gasteiger partial charge in [0, 0.05) is 25.2 Å². The van der Waals surface area contributed by atoms with Crippen LogP contribution in [0, 0.1) is 0 Å². The van der Waals surface area contributed by atoms with Gasteiger partial charge in [0.25, 0.3) is 0 Å². The zero-order valence-electron chi connectivity index (χ0n) is 13.8. The smallest absolute Gasteiger partial charge is 0.135 e. The lowest BCUT2D eigenvalue weighted by atomic mass is 10.0. The topological polar surface area (TPSA) is 53.1 Å². The fourth-order valence-electron chi connectivity index (χ4n) is 3.06. The minimum Gasteiger partial charge on any atom is -0.373 e. The Morgan fingerprint density at radius 3 is 2.38 bits per heavy atom. The number of aromatic nitrogens is 2. The lowest BCUT2D eigenvalue weighted by Gasteiger charge is -2.30. The van der Waals surface area contributed by atoms with Crippen LogP contribution in [0.5, 0.6) is 0 Å². The number of piperidine rings is 1. The van der Waals surface area contributed by atoms with E-state index in [1.807, 2.05) is 7.05 Å². The fourth-order valence-corrected chi connectivity index (χ4v) is 3.06. The maximum absolute atomic E-state index is 4.46. The van der Waals surface area contributed by atoms with Crippen molar-refractivity contribution in [3.8, 4) is 0 Å². The first-order valence-electron chi connectivity index (χ1n) is 8.13. The number of likely N-dealkylation sites (tertiary alicyclic amines) is 1. The van der Waals surface area contributed by atoms with Gasteiger partial charge in [-0.2, -0.15) is 0 Å². The monoisotopic (exact) mass is 291 g/mol. The SMILES string of the molecule is CNc1ncnc(NC(C)CN2CCCCC2)c1C(C)C. The highest BCUT2D eigenvalue weighted by atomic mass is 15.2. The quantitative estimate of drug-likeness (QED) is 0.844. The summed E-state index contributed by atoms with van der Waals surface area (Å²) in [6.45, 7) is 10.1. The predicted octanol–water partition coefficient (Wildman–Crippen LogP) is 2.93. The highest BCUT2D eigenvalue weighted by Gasteiger charge is 2.18. The Hall–Kier alpha value is -1.36. The van der Waals surface area contributed by atoms with Gasteiger partial charge in [-0.1, -0.05) is 20.3 Å². The van der Waals surface area contributed by atoms with E-state index in [9.17, 15) is 0 Å². The number of hydrogen-bond acceptors (Lipinski definition) is 5. The van der Waals surface area contributed by atoms with Crippen LogP contribution in [-0.2, 0) is 0 Å². The van der Waals surface area contributed by atoms with Crippen molar-refractivity contribution in [3.05, 3.63) is 11.9 Å². The Morgan fingerprint density at radius 1 is 1.10 bits per heavy atom. The second-order valence-electron chi connectivity index (χ2n) is 6.30. The van der Waals surface area contributed by atoms with E-state index in [0.717, 1.165) is 18.2 Å². The van der Waals surface area contributed by atoms with E-state index in [0.29, 0.717) is 12.0 Å². The number of rotatable bonds is 6. The molecule has 0 spiro atoms. The standard InChI is InChI=1S/C16H29N5/c1-12(2)14-15(17-4)18-11-19-16(14)20-13(3)10-21-8-6-5-7-9-21/h11-13H,5-10H2,1-4H3,(H2,17,18,19,20). The van der Waals surface area contributed by atoms with Gasteiger partial charge in [0.15, 0.2) is 0 Å². The summed E-state index contributed by atoms with van der Waals surface area (Å²) in [6, 6.07) is 0.389. The highest BCUT2D eigenvalue weighted by molar-refractivity contribution is 5.59. The molecule has 0 saturated carbocycles. The van der Waals surface area contributed by atoms with Gasteiger partial charge in [-0.05, 0) is 38.8 Å².